The van der Waals surface area contributed by atoms with Gasteiger partial charge in [0.1, 0.15) is 0 Å². The molecule has 1 aliphatic heterocycles. The highest BCUT2D eigenvalue weighted by Gasteiger charge is 2.39. The van der Waals surface area contributed by atoms with Crippen LogP contribution < -0.4 is 4.72 Å². The molecule has 1 fully saturated rings. The van der Waals surface area contributed by atoms with E-state index in [2.05, 4.69) is 42.5 Å². The molecule has 3 aromatic carbocycles. The van der Waals surface area contributed by atoms with Gasteiger partial charge in [-0.15, -0.1) is 0 Å². The van der Waals surface area contributed by atoms with E-state index in [1.54, 1.807) is 42.5 Å². The van der Waals surface area contributed by atoms with Gasteiger partial charge in [-0.2, -0.15) is 0 Å². The van der Waals surface area contributed by atoms with Crippen LogP contribution in [0.2, 0.25) is 0 Å². The molecule has 8 heteroatoms. The van der Waals surface area contributed by atoms with E-state index in [0.717, 1.165) is 36.3 Å². The lowest BCUT2D eigenvalue weighted by Crippen LogP contribution is -2.45. The molecule has 4 rings (SSSR count). The van der Waals surface area contributed by atoms with Gasteiger partial charge in [-0.1, -0.05) is 140 Å². The Hall–Kier alpha value is -2.75. The van der Waals surface area contributed by atoms with E-state index in [1.807, 2.05) is 24.3 Å². The Labute approximate surface area is 296 Å². The fourth-order valence-corrected chi connectivity index (χ4v) is 7.71. The molecule has 0 radical (unpaired) electrons. The van der Waals surface area contributed by atoms with E-state index in [4.69, 9.17) is 9.47 Å². The molecule has 1 heterocycles. The van der Waals surface area contributed by atoms with Gasteiger partial charge < -0.3 is 19.5 Å². The van der Waals surface area contributed by atoms with Crippen LogP contribution in [0.1, 0.15) is 127 Å². The van der Waals surface area contributed by atoms with Gasteiger partial charge in [0.05, 0.1) is 23.7 Å². The molecule has 0 unspecified atom stereocenters. The lowest BCUT2D eigenvalue weighted by Gasteiger charge is -2.43. The van der Waals surface area contributed by atoms with Crippen molar-refractivity contribution in [3.63, 3.8) is 0 Å². The quantitative estimate of drug-likeness (QED) is 0.102. The number of anilines is 1. The van der Waals surface area contributed by atoms with Gasteiger partial charge in [0.2, 0.25) is 0 Å². The maximum atomic E-state index is 12.9. The summed E-state index contributed by atoms with van der Waals surface area (Å²) in [5.74, 6) is 0.102. The summed E-state index contributed by atoms with van der Waals surface area (Å²) >= 11 is 0. The van der Waals surface area contributed by atoms with E-state index in [0.29, 0.717) is 5.69 Å². The number of aliphatic hydroxyl groups is 1. The normalized spacial score (nSPS) is 19.7. The van der Waals surface area contributed by atoms with Crippen molar-refractivity contribution in [1.82, 2.24) is 4.90 Å². The zero-order valence-corrected chi connectivity index (χ0v) is 30.9. The molecule has 0 bridgehead atoms. The number of aliphatic hydroxyl groups excluding tert-OH is 1. The second-order valence-corrected chi connectivity index (χ2v) is 15.4. The van der Waals surface area contributed by atoms with Gasteiger partial charge in [-0.25, -0.2) is 8.42 Å². The predicted octanol–water partition coefficient (Wildman–Crippen LogP) is 9.79. The number of nitrogens with zero attached hydrogens (tertiary/aromatic N) is 1. The molecule has 1 aliphatic rings. The topological polar surface area (TPSA) is 88.1 Å². The van der Waals surface area contributed by atoms with Crippen molar-refractivity contribution in [3.05, 3.63) is 95.6 Å². The van der Waals surface area contributed by atoms with E-state index < -0.39 is 16.3 Å². The maximum Gasteiger partial charge on any atom is 0.261 e. The average molecular weight is 693 g/mol. The van der Waals surface area contributed by atoms with Crippen LogP contribution in [0, 0.1) is 5.92 Å². The van der Waals surface area contributed by atoms with Crippen LogP contribution in [0.4, 0.5) is 5.69 Å². The van der Waals surface area contributed by atoms with Crippen LogP contribution in [-0.2, 0) is 26.1 Å². The molecular weight excluding hydrogens is 633 g/mol. The first kappa shape index (κ1) is 39.0. The van der Waals surface area contributed by atoms with Gasteiger partial charge in [-0.3, -0.25) is 4.72 Å². The van der Waals surface area contributed by atoms with Crippen molar-refractivity contribution in [2.45, 2.75) is 128 Å². The first-order valence-electron chi connectivity index (χ1n) is 18.8. The zero-order chi connectivity index (χ0) is 34.9. The monoisotopic (exact) mass is 692 g/mol. The minimum absolute atomic E-state index is 0.00193. The molecular formula is C41H60N2O5S. The summed E-state index contributed by atoms with van der Waals surface area (Å²) in [5.41, 5.74) is 3.26. The van der Waals surface area contributed by atoms with Crippen molar-refractivity contribution in [3.8, 4) is 0 Å². The number of unbranched alkanes of at least 4 members (excludes halogenated alkanes) is 10. The number of rotatable bonds is 22. The van der Waals surface area contributed by atoms with Gasteiger partial charge in [0, 0.05) is 23.7 Å². The van der Waals surface area contributed by atoms with Crippen LogP contribution in [-0.4, -0.2) is 44.2 Å². The van der Waals surface area contributed by atoms with Crippen molar-refractivity contribution in [1.29, 1.82) is 0 Å². The fraction of sp³-hybridized carbons (Fsp3) is 0.561. The molecule has 0 aliphatic carbocycles. The highest BCUT2D eigenvalue weighted by Crippen LogP contribution is 2.42. The standard InChI is InChI=1S/C41H60N2O5S/c1-4-6-8-10-12-17-29-43(30-18-13-11-9-7-5-2)31-39-33(3)40(35-23-21-34(32-44)22-24-35)48-41(47-39)36-25-27-37(28-26-36)42-49(45,46)38-19-15-14-16-20-38/h14-16,19-28,33,39-42,44H,4-13,17-18,29-32H2,1-3H3/t33-,39+,40+,41+/m1/s1. The molecule has 7 nitrogen and oxygen atoms in total. The molecule has 0 saturated carbocycles. The molecule has 1 saturated heterocycles. The van der Waals surface area contributed by atoms with E-state index >= 15 is 0 Å². The number of sulfonamides is 1. The maximum absolute atomic E-state index is 12.9. The van der Waals surface area contributed by atoms with E-state index in [1.165, 1.54) is 77.0 Å². The lowest BCUT2D eigenvalue weighted by atomic mass is 9.90. The Kier molecular flexibility index (Phi) is 16.6. The third kappa shape index (κ3) is 12.5. The van der Waals surface area contributed by atoms with Crippen molar-refractivity contribution >= 4 is 15.7 Å². The fourth-order valence-electron chi connectivity index (χ4n) is 6.63. The van der Waals surface area contributed by atoms with Gasteiger partial charge in [0.15, 0.2) is 6.29 Å². The number of hydrogen-bond acceptors (Lipinski definition) is 6. The first-order chi connectivity index (χ1) is 23.8. The van der Waals surface area contributed by atoms with Crippen molar-refractivity contribution in [2.75, 3.05) is 24.4 Å². The minimum atomic E-state index is -3.70. The molecule has 4 atom stereocenters. The molecule has 0 aromatic heterocycles. The van der Waals surface area contributed by atoms with Gasteiger partial charge in [0.25, 0.3) is 10.0 Å². The molecule has 0 amide bonds. The molecule has 3 aromatic rings. The van der Waals surface area contributed by atoms with Crippen LogP contribution in [0.5, 0.6) is 0 Å². The SMILES string of the molecule is CCCCCCCCN(CCCCCCCC)C[C@@H]1O[C@H](c2ccc(NS(=O)(=O)c3ccccc3)cc2)O[C@H](c2ccc(CO)cc2)[C@@H]1C. The second-order valence-electron chi connectivity index (χ2n) is 13.7. The van der Waals surface area contributed by atoms with Crippen molar-refractivity contribution in [2.24, 2.45) is 5.92 Å². The Morgan fingerprint density at radius 2 is 1.24 bits per heavy atom. The Morgan fingerprint density at radius 3 is 1.82 bits per heavy atom. The first-order valence-corrected chi connectivity index (χ1v) is 20.2. The van der Waals surface area contributed by atoms with Crippen molar-refractivity contribution < 1.29 is 23.0 Å². The molecule has 2 N–H and O–H groups in total. The van der Waals surface area contributed by atoms with Crippen LogP contribution in [0.15, 0.2) is 83.8 Å². The molecule has 270 valence electrons. The Balaban J connectivity index is 1.50. The zero-order valence-electron chi connectivity index (χ0n) is 30.1. The van der Waals surface area contributed by atoms with Gasteiger partial charge in [-0.05, 0) is 61.3 Å². The summed E-state index contributed by atoms with van der Waals surface area (Å²) in [6.45, 7) is 9.74. The summed E-state index contributed by atoms with van der Waals surface area (Å²) in [6.07, 6.45) is 14.5. The summed E-state index contributed by atoms with van der Waals surface area (Å²) in [5, 5.41) is 9.64. The summed E-state index contributed by atoms with van der Waals surface area (Å²) in [4.78, 5) is 2.84. The Morgan fingerprint density at radius 1 is 0.694 bits per heavy atom. The highest BCUT2D eigenvalue weighted by atomic mass is 32.2. The number of hydrogen-bond donors (Lipinski definition) is 2. The summed E-state index contributed by atoms with van der Waals surface area (Å²) < 4.78 is 42.0. The molecule has 0 spiro atoms. The average Bonchev–Trinajstić information content (AvgIpc) is 3.12. The largest absolute Gasteiger partial charge is 0.392 e. The predicted molar refractivity (Wildman–Crippen MR) is 200 cm³/mol. The number of benzene rings is 3. The number of nitrogens with one attached hydrogen (secondary N) is 1. The Bertz CT molecular complexity index is 1420. The summed E-state index contributed by atoms with van der Waals surface area (Å²) in [6, 6.07) is 23.7. The second kappa shape index (κ2) is 20.8. The van der Waals surface area contributed by atoms with Gasteiger partial charge >= 0.3 is 0 Å². The minimum Gasteiger partial charge on any atom is -0.392 e. The number of ether oxygens (including phenoxy) is 2. The summed E-state index contributed by atoms with van der Waals surface area (Å²) in [7, 11) is -3.70. The van der Waals surface area contributed by atoms with E-state index in [9.17, 15) is 13.5 Å². The third-order valence-electron chi connectivity index (χ3n) is 9.71. The van der Waals surface area contributed by atoms with E-state index in [-0.39, 0.29) is 29.6 Å². The molecule has 49 heavy (non-hydrogen) atoms. The third-order valence-corrected chi connectivity index (χ3v) is 11.1. The lowest BCUT2D eigenvalue weighted by molar-refractivity contribution is -0.276. The highest BCUT2D eigenvalue weighted by molar-refractivity contribution is 7.92. The van der Waals surface area contributed by atoms with Crippen LogP contribution >= 0.6 is 0 Å². The van der Waals surface area contributed by atoms with Crippen LogP contribution in [0.25, 0.3) is 0 Å². The smallest absolute Gasteiger partial charge is 0.261 e. The van der Waals surface area contributed by atoms with Crippen LogP contribution in [0.3, 0.4) is 0 Å².